The summed E-state index contributed by atoms with van der Waals surface area (Å²) in [6, 6.07) is 3.39. The van der Waals surface area contributed by atoms with Crippen LogP contribution in [0.3, 0.4) is 0 Å². The minimum Gasteiger partial charge on any atom is -0.467 e. The lowest BCUT2D eigenvalue weighted by Crippen LogP contribution is -2.42. The summed E-state index contributed by atoms with van der Waals surface area (Å²) in [6.07, 6.45) is 1.59. The van der Waals surface area contributed by atoms with Crippen LogP contribution < -0.4 is 10.6 Å². The summed E-state index contributed by atoms with van der Waals surface area (Å²) in [7, 11) is 0. The van der Waals surface area contributed by atoms with Gasteiger partial charge in [0.15, 0.2) is 0 Å². The van der Waals surface area contributed by atoms with E-state index >= 15 is 0 Å². The first-order chi connectivity index (χ1) is 7.59. The Morgan fingerprint density at radius 2 is 2.38 bits per heavy atom. The number of hydrogen-bond donors (Lipinski definition) is 2. The predicted octanol–water partition coefficient (Wildman–Crippen LogP) is 1.45. The molecule has 0 bridgehead atoms. The van der Waals surface area contributed by atoms with Gasteiger partial charge in [-0.25, -0.2) is 0 Å². The molecule has 1 rings (SSSR count). The maximum atomic E-state index is 11.6. The molecule has 1 aromatic heterocycles. The predicted molar refractivity (Wildman–Crippen MR) is 62.8 cm³/mol. The normalized spacial score (nSPS) is 12.1. The van der Waals surface area contributed by atoms with Crippen LogP contribution in [0.1, 0.15) is 19.6 Å². The summed E-state index contributed by atoms with van der Waals surface area (Å²) in [5, 5.41) is 5.85. The molecule has 1 unspecified atom stereocenters. The SMILES string of the molecule is C=C(C)CNC(C)C(=O)NCc1ccco1. The molecule has 0 aliphatic rings. The van der Waals surface area contributed by atoms with Gasteiger partial charge in [-0.1, -0.05) is 12.2 Å². The largest absolute Gasteiger partial charge is 0.467 e. The van der Waals surface area contributed by atoms with Crippen LogP contribution in [0.4, 0.5) is 0 Å². The van der Waals surface area contributed by atoms with Crippen LogP contribution in [0.25, 0.3) is 0 Å². The second-order valence-electron chi connectivity index (χ2n) is 3.86. The van der Waals surface area contributed by atoms with Crippen LogP contribution >= 0.6 is 0 Å². The average Bonchev–Trinajstić information content (AvgIpc) is 2.75. The Kier molecular flexibility index (Phi) is 4.79. The van der Waals surface area contributed by atoms with E-state index in [0.29, 0.717) is 13.1 Å². The lowest BCUT2D eigenvalue weighted by Gasteiger charge is -2.13. The van der Waals surface area contributed by atoms with Gasteiger partial charge in [-0.05, 0) is 26.0 Å². The van der Waals surface area contributed by atoms with Crippen molar-refractivity contribution in [2.75, 3.05) is 6.54 Å². The Morgan fingerprint density at radius 3 is 2.94 bits per heavy atom. The number of amides is 1. The highest BCUT2D eigenvalue weighted by molar-refractivity contribution is 5.81. The van der Waals surface area contributed by atoms with Crippen molar-refractivity contribution >= 4 is 5.91 Å². The average molecular weight is 222 g/mol. The van der Waals surface area contributed by atoms with Crippen LogP contribution in [0.5, 0.6) is 0 Å². The molecule has 0 aliphatic carbocycles. The fourth-order valence-corrected chi connectivity index (χ4v) is 1.16. The summed E-state index contributed by atoms with van der Waals surface area (Å²) in [6.45, 7) is 8.57. The van der Waals surface area contributed by atoms with E-state index in [1.165, 1.54) is 0 Å². The molecule has 1 amide bonds. The third-order valence-electron chi connectivity index (χ3n) is 2.12. The summed E-state index contributed by atoms with van der Waals surface area (Å²) in [4.78, 5) is 11.6. The van der Waals surface area contributed by atoms with E-state index < -0.39 is 0 Å². The Hall–Kier alpha value is -1.55. The number of carbonyl (C=O) groups excluding carboxylic acids is 1. The van der Waals surface area contributed by atoms with Gasteiger partial charge in [-0.15, -0.1) is 0 Å². The number of nitrogens with one attached hydrogen (secondary N) is 2. The van der Waals surface area contributed by atoms with Gasteiger partial charge in [0.25, 0.3) is 0 Å². The van der Waals surface area contributed by atoms with Gasteiger partial charge in [-0.2, -0.15) is 0 Å². The van der Waals surface area contributed by atoms with Gasteiger partial charge in [-0.3, -0.25) is 4.79 Å². The Bertz CT molecular complexity index is 344. The molecule has 2 N–H and O–H groups in total. The summed E-state index contributed by atoms with van der Waals surface area (Å²) in [5.74, 6) is 0.707. The summed E-state index contributed by atoms with van der Waals surface area (Å²) < 4.78 is 5.11. The van der Waals surface area contributed by atoms with E-state index in [1.807, 2.05) is 19.9 Å². The summed E-state index contributed by atoms with van der Waals surface area (Å²) in [5.41, 5.74) is 1.01. The van der Waals surface area contributed by atoms with Gasteiger partial charge in [0.1, 0.15) is 5.76 Å². The number of rotatable bonds is 6. The van der Waals surface area contributed by atoms with Gasteiger partial charge in [0.2, 0.25) is 5.91 Å². The first-order valence-electron chi connectivity index (χ1n) is 5.27. The monoisotopic (exact) mass is 222 g/mol. The van der Waals surface area contributed by atoms with Crippen molar-refractivity contribution in [3.8, 4) is 0 Å². The molecular weight excluding hydrogens is 204 g/mol. The zero-order valence-electron chi connectivity index (χ0n) is 9.75. The first kappa shape index (κ1) is 12.5. The first-order valence-corrected chi connectivity index (χ1v) is 5.27. The van der Waals surface area contributed by atoms with Gasteiger partial charge < -0.3 is 15.1 Å². The van der Waals surface area contributed by atoms with Crippen molar-refractivity contribution in [2.24, 2.45) is 0 Å². The van der Waals surface area contributed by atoms with Crippen LogP contribution in [-0.2, 0) is 11.3 Å². The molecule has 0 radical (unpaired) electrons. The molecule has 0 spiro atoms. The zero-order valence-corrected chi connectivity index (χ0v) is 9.75. The van der Waals surface area contributed by atoms with Crippen LogP contribution in [0.15, 0.2) is 35.0 Å². The van der Waals surface area contributed by atoms with Crippen molar-refractivity contribution in [2.45, 2.75) is 26.4 Å². The van der Waals surface area contributed by atoms with E-state index in [0.717, 1.165) is 11.3 Å². The second kappa shape index (κ2) is 6.12. The molecule has 0 saturated carbocycles. The number of carbonyl (C=O) groups is 1. The fourth-order valence-electron chi connectivity index (χ4n) is 1.16. The van der Waals surface area contributed by atoms with Crippen molar-refractivity contribution in [3.63, 3.8) is 0 Å². The molecule has 16 heavy (non-hydrogen) atoms. The molecule has 0 aromatic carbocycles. The molecule has 1 atom stereocenters. The zero-order chi connectivity index (χ0) is 12.0. The van der Waals surface area contributed by atoms with E-state index in [-0.39, 0.29) is 11.9 Å². The lowest BCUT2D eigenvalue weighted by molar-refractivity contribution is -0.122. The maximum absolute atomic E-state index is 11.6. The van der Waals surface area contributed by atoms with E-state index in [9.17, 15) is 4.79 Å². The second-order valence-corrected chi connectivity index (χ2v) is 3.86. The quantitative estimate of drug-likeness (QED) is 0.716. The topological polar surface area (TPSA) is 54.3 Å². The standard InChI is InChI=1S/C12H18N2O2/c1-9(2)7-13-10(3)12(15)14-8-11-5-4-6-16-11/h4-6,10,13H,1,7-8H2,2-3H3,(H,14,15). The highest BCUT2D eigenvalue weighted by atomic mass is 16.3. The smallest absolute Gasteiger partial charge is 0.237 e. The van der Waals surface area contributed by atoms with Crippen molar-refractivity contribution in [3.05, 3.63) is 36.3 Å². The molecule has 1 aromatic rings. The fraction of sp³-hybridized carbons (Fsp3) is 0.417. The van der Waals surface area contributed by atoms with E-state index in [4.69, 9.17) is 4.42 Å². The molecule has 4 nitrogen and oxygen atoms in total. The Morgan fingerprint density at radius 1 is 1.62 bits per heavy atom. The van der Waals surface area contributed by atoms with Gasteiger partial charge in [0, 0.05) is 6.54 Å². The molecule has 4 heteroatoms. The Labute approximate surface area is 95.7 Å². The lowest BCUT2D eigenvalue weighted by atomic mass is 10.2. The van der Waals surface area contributed by atoms with Crippen LogP contribution in [0, 0.1) is 0 Å². The number of furan rings is 1. The van der Waals surface area contributed by atoms with Gasteiger partial charge in [0.05, 0.1) is 18.8 Å². The van der Waals surface area contributed by atoms with Crippen molar-refractivity contribution < 1.29 is 9.21 Å². The highest BCUT2D eigenvalue weighted by Gasteiger charge is 2.11. The summed E-state index contributed by atoms with van der Waals surface area (Å²) >= 11 is 0. The number of hydrogen-bond acceptors (Lipinski definition) is 3. The highest BCUT2D eigenvalue weighted by Crippen LogP contribution is 1.98. The molecule has 0 saturated heterocycles. The molecule has 88 valence electrons. The third kappa shape index (κ3) is 4.31. The van der Waals surface area contributed by atoms with Crippen molar-refractivity contribution in [1.29, 1.82) is 0 Å². The molecular formula is C12H18N2O2. The Balaban J connectivity index is 2.26. The minimum atomic E-state index is -0.230. The van der Waals surface area contributed by atoms with Crippen molar-refractivity contribution in [1.82, 2.24) is 10.6 Å². The molecule has 0 fully saturated rings. The van der Waals surface area contributed by atoms with Crippen LogP contribution in [-0.4, -0.2) is 18.5 Å². The molecule has 1 heterocycles. The molecule has 0 aliphatic heterocycles. The van der Waals surface area contributed by atoms with Crippen LogP contribution in [0.2, 0.25) is 0 Å². The third-order valence-corrected chi connectivity index (χ3v) is 2.12. The maximum Gasteiger partial charge on any atom is 0.237 e. The van der Waals surface area contributed by atoms with Gasteiger partial charge >= 0.3 is 0 Å². The minimum absolute atomic E-state index is 0.0438. The van der Waals surface area contributed by atoms with E-state index in [2.05, 4.69) is 17.2 Å². The van der Waals surface area contributed by atoms with E-state index in [1.54, 1.807) is 12.3 Å².